The lowest BCUT2D eigenvalue weighted by Crippen LogP contribution is -2.45. The molecule has 0 unspecified atom stereocenters. The topological polar surface area (TPSA) is 35.6 Å². The van der Waals surface area contributed by atoms with Gasteiger partial charge in [0.15, 0.2) is 0 Å². The first-order chi connectivity index (χ1) is 17.3. The molecule has 0 radical (unpaired) electrons. The number of amides is 1. The summed E-state index contributed by atoms with van der Waals surface area (Å²) in [5.74, 6) is -1.19. The first-order valence-corrected chi connectivity index (χ1v) is 12.5. The van der Waals surface area contributed by atoms with Gasteiger partial charge < -0.3 is 10.2 Å². The molecule has 2 aliphatic heterocycles. The standard InChI is InChI=1S/C25H25Cl2F6N3O.2ClH/c1-35(23(37)15-8-16(24(28,29)30)11-17(9-15)25(31,32)33)22-13-36(18-4-6-34-7-5-18)12-19(22)14-2-3-20(26)21(27)10-14;;/h2-3,8-11,18-19,22,34H,4-7,12-13H2,1H3;2*1H/t19-,22+;;/m0../s1. The molecule has 0 spiro atoms. The van der Waals surface area contributed by atoms with Crippen molar-refractivity contribution in [1.29, 1.82) is 0 Å². The van der Waals surface area contributed by atoms with Crippen molar-refractivity contribution in [3.63, 3.8) is 0 Å². The van der Waals surface area contributed by atoms with Crippen LogP contribution in [0.2, 0.25) is 10.0 Å². The number of likely N-dealkylation sites (N-methyl/N-ethyl adjacent to an activating group) is 1. The summed E-state index contributed by atoms with van der Waals surface area (Å²) >= 11 is 12.3. The largest absolute Gasteiger partial charge is 0.416 e. The predicted octanol–water partition coefficient (Wildman–Crippen LogP) is 7.17. The van der Waals surface area contributed by atoms with Gasteiger partial charge in [-0.25, -0.2) is 0 Å². The Hall–Kier alpha value is -1.43. The van der Waals surface area contributed by atoms with Gasteiger partial charge in [-0.3, -0.25) is 9.69 Å². The summed E-state index contributed by atoms with van der Waals surface area (Å²) in [4.78, 5) is 16.9. The smallest absolute Gasteiger partial charge is 0.337 e. The van der Waals surface area contributed by atoms with Crippen molar-refractivity contribution in [3.05, 3.63) is 68.7 Å². The van der Waals surface area contributed by atoms with Crippen LogP contribution in [0.5, 0.6) is 0 Å². The maximum atomic E-state index is 13.4. The minimum atomic E-state index is -5.05. The second-order valence-corrected chi connectivity index (χ2v) is 10.3. The molecular formula is C25H27Cl4F6N3O. The highest BCUT2D eigenvalue weighted by atomic mass is 35.5. The molecule has 0 aliphatic carbocycles. The van der Waals surface area contributed by atoms with Crippen LogP contribution in [0.3, 0.4) is 0 Å². The Bertz CT molecular complexity index is 1130. The average Bonchev–Trinajstić information content (AvgIpc) is 3.29. The maximum Gasteiger partial charge on any atom is 0.416 e. The number of nitrogens with one attached hydrogen (secondary N) is 1. The third-order valence-electron chi connectivity index (χ3n) is 7.17. The summed E-state index contributed by atoms with van der Waals surface area (Å²) < 4.78 is 80.3. The van der Waals surface area contributed by atoms with Gasteiger partial charge in [-0.2, -0.15) is 26.3 Å². The minimum absolute atomic E-state index is 0. The van der Waals surface area contributed by atoms with E-state index in [1.165, 1.54) is 11.9 Å². The number of piperidine rings is 1. The molecule has 1 N–H and O–H groups in total. The Morgan fingerprint density at radius 3 is 1.97 bits per heavy atom. The number of carbonyl (C=O) groups is 1. The fraction of sp³-hybridized carbons (Fsp3) is 0.480. The number of likely N-dealkylation sites (tertiary alicyclic amines) is 1. The fourth-order valence-electron chi connectivity index (χ4n) is 5.18. The highest BCUT2D eigenvalue weighted by Crippen LogP contribution is 2.39. The van der Waals surface area contributed by atoms with Crippen LogP contribution in [-0.4, -0.2) is 61.0 Å². The van der Waals surface area contributed by atoms with Crippen molar-refractivity contribution < 1.29 is 31.1 Å². The molecule has 0 saturated carbocycles. The highest BCUT2D eigenvalue weighted by molar-refractivity contribution is 6.42. The Morgan fingerprint density at radius 1 is 0.897 bits per heavy atom. The molecule has 2 aromatic rings. The number of hydrogen-bond donors (Lipinski definition) is 1. The van der Waals surface area contributed by atoms with Crippen LogP contribution in [-0.2, 0) is 12.4 Å². The van der Waals surface area contributed by atoms with Gasteiger partial charge in [-0.15, -0.1) is 24.8 Å². The quantitative estimate of drug-likeness (QED) is 0.360. The Kier molecular flexibility index (Phi) is 11.3. The molecule has 0 bridgehead atoms. The lowest BCUT2D eigenvalue weighted by molar-refractivity contribution is -0.143. The number of hydrogen-bond acceptors (Lipinski definition) is 3. The van der Waals surface area contributed by atoms with Crippen molar-refractivity contribution in [2.75, 3.05) is 33.2 Å². The molecular weight excluding hydrogens is 614 g/mol. The van der Waals surface area contributed by atoms with Crippen LogP contribution in [0.15, 0.2) is 36.4 Å². The van der Waals surface area contributed by atoms with E-state index in [0.717, 1.165) is 31.5 Å². The van der Waals surface area contributed by atoms with Gasteiger partial charge in [-0.1, -0.05) is 29.3 Å². The van der Waals surface area contributed by atoms with E-state index in [1.54, 1.807) is 18.2 Å². The van der Waals surface area contributed by atoms with Gasteiger partial charge >= 0.3 is 12.4 Å². The zero-order chi connectivity index (χ0) is 27.1. The molecule has 4 nitrogen and oxygen atoms in total. The highest BCUT2D eigenvalue weighted by Gasteiger charge is 2.42. The van der Waals surface area contributed by atoms with Crippen molar-refractivity contribution in [2.45, 2.75) is 43.2 Å². The number of alkyl halides is 6. The number of halogens is 10. The Balaban J connectivity index is 0.00000267. The van der Waals surface area contributed by atoms with E-state index in [9.17, 15) is 31.1 Å². The second kappa shape index (κ2) is 13.0. The number of nitrogens with zero attached hydrogens (tertiary/aromatic N) is 2. The number of benzene rings is 2. The van der Waals surface area contributed by atoms with Gasteiger partial charge in [-0.05, 0) is 61.8 Å². The van der Waals surface area contributed by atoms with Crippen molar-refractivity contribution in [2.24, 2.45) is 0 Å². The first kappa shape index (κ1) is 33.8. The second-order valence-electron chi connectivity index (χ2n) is 9.49. The lowest BCUT2D eigenvalue weighted by Gasteiger charge is -2.32. The maximum absolute atomic E-state index is 13.4. The van der Waals surface area contributed by atoms with E-state index in [4.69, 9.17) is 23.2 Å². The molecule has 2 saturated heterocycles. The number of carbonyl (C=O) groups excluding carboxylic acids is 1. The summed E-state index contributed by atoms with van der Waals surface area (Å²) in [5.41, 5.74) is -2.93. The summed E-state index contributed by atoms with van der Waals surface area (Å²) in [7, 11) is 1.41. The molecule has 2 aromatic carbocycles. The van der Waals surface area contributed by atoms with Gasteiger partial charge in [0.25, 0.3) is 5.91 Å². The molecule has 2 fully saturated rings. The van der Waals surface area contributed by atoms with Crippen LogP contribution < -0.4 is 5.32 Å². The van der Waals surface area contributed by atoms with E-state index in [-0.39, 0.29) is 42.8 Å². The van der Waals surface area contributed by atoms with E-state index < -0.39 is 41.0 Å². The van der Waals surface area contributed by atoms with Gasteiger partial charge in [0, 0.05) is 37.7 Å². The Labute approximate surface area is 244 Å². The van der Waals surface area contributed by atoms with Crippen LogP contribution in [0.4, 0.5) is 26.3 Å². The summed E-state index contributed by atoms with van der Waals surface area (Å²) in [6, 6.07) is 5.80. The van der Waals surface area contributed by atoms with Crippen LogP contribution in [0, 0.1) is 0 Å². The van der Waals surface area contributed by atoms with E-state index in [1.807, 2.05) is 0 Å². The average molecular weight is 641 g/mol. The molecule has 14 heteroatoms. The molecule has 2 heterocycles. The lowest BCUT2D eigenvalue weighted by atomic mass is 9.93. The Morgan fingerprint density at radius 2 is 1.46 bits per heavy atom. The van der Waals surface area contributed by atoms with Crippen molar-refractivity contribution in [3.8, 4) is 0 Å². The van der Waals surface area contributed by atoms with Gasteiger partial charge in [0.05, 0.1) is 27.2 Å². The van der Waals surface area contributed by atoms with Crippen molar-refractivity contribution >= 4 is 53.9 Å². The first-order valence-electron chi connectivity index (χ1n) is 11.7. The monoisotopic (exact) mass is 639 g/mol. The summed E-state index contributed by atoms with van der Waals surface area (Å²) in [6.07, 6.45) is -8.31. The van der Waals surface area contributed by atoms with Gasteiger partial charge in [0.2, 0.25) is 0 Å². The normalized spacial score (nSPS) is 20.7. The predicted molar refractivity (Wildman–Crippen MR) is 143 cm³/mol. The van der Waals surface area contributed by atoms with Crippen LogP contribution in [0.1, 0.15) is 45.8 Å². The molecule has 218 valence electrons. The molecule has 2 atom stereocenters. The van der Waals surface area contributed by atoms with E-state index in [0.29, 0.717) is 35.3 Å². The van der Waals surface area contributed by atoms with Crippen LogP contribution >= 0.6 is 48.0 Å². The summed E-state index contributed by atoms with van der Waals surface area (Å²) in [5, 5.41) is 3.97. The summed E-state index contributed by atoms with van der Waals surface area (Å²) in [6.45, 7) is 2.65. The fourth-order valence-corrected chi connectivity index (χ4v) is 5.49. The third-order valence-corrected chi connectivity index (χ3v) is 7.91. The van der Waals surface area contributed by atoms with E-state index in [2.05, 4.69) is 10.2 Å². The van der Waals surface area contributed by atoms with Gasteiger partial charge in [0.1, 0.15) is 0 Å². The van der Waals surface area contributed by atoms with Crippen molar-refractivity contribution in [1.82, 2.24) is 15.1 Å². The minimum Gasteiger partial charge on any atom is -0.337 e. The molecule has 1 amide bonds. The SMILES string of the molecule is CN(C(=O)c1cc(C(F)(F)F)cc(C(F)(F)F)c1)[C@@H]1CN(C2CCNCC2)C[C@H]1c1ccc(Cl)c(Cl)c1.Cl.Cl. The zero-order valence-electron chi connectivity index (χ0n) is 20.6. The third kappa shape index (κ3) is 7.65. The molecule has 2 aliphatic rings. The number of rotatable bonds is 4. The molecule has 4 rings (SSSR count). The molecule has 39 heavy (non-hydrogen) atoms. The zero-order valence-corrected chi connectivity index (χ0v) is 23.7. The van der Waals surface area contributed by atoms with E-state index >= 15 is 0 Å². The molecule has 0 aromatic heterocycles. The van der Waals surface area contributed by atoms with Crippen LogP contribution in [0.25, 0.3) is 0 Å².